The Labute approximate surface area is 134 Å². The number of anilines is 1. The van der Waals surface area contributed by atoms with E-state index in [-0.39, 0.29) is 17.2 Å². The van der Waals surface area contributed by atoms with Crippen LogP contribution in [0.1, 0.15) is 19.3 Å². The Hall–Kier alpha value is -1.46. The van der Waals surface area contributed by atoms with E-state index in [1.54, 1.807) is 12.1 Å². The van der Waals surface area contributed by atoms with Crippen LogP contribution in [0.5, 0.6) is 11.5 Å². The third kappa shape index (κ3) is 2.42. The van der Waals surface area contributed by atoms with Crippen molar-refractivity contribution in [1.29, 1.82) is 0 Å². The first kappa shape index (κ1) is 14.2. The molecule has 2 N–H and O–H groups in total. The molecule has 1 saturated carbocycles. The first-order valence-corrected chi connectivity index (χ1v) is 8.16. The average Bonchev–Trinajstić information content (AvgIpc) is 3.22. The lowest BCUT2D eigenvalue weighted by atomic mass is 9.92. The lowest BCUT2D eigenvalue weighted by Crippen LogP contribution is -2.31. The third-order valence-corrected chi connectivity index (χ3v) is 5.31. The third-order valence-electron chi connectivity index (χ3n) is 5.00. The fourth-order valence-electron chi connectivity index (χ4n) is 3.58. The first-order chi connectivity index (χ1) is 10.7. The van der Waals surface area contributed by atoms with Gasteiger partial charge in [-0.25, -0.2) is 0 Å². The summed E-state index contributed by atoms with van der Waals surface area (Å²) in [7, 11) is 0. The molecule has 0 aromatic heterocycles. The summed E-state index contributed by atoms with van der Waals surface area (Å²) in [6.45, 7) is 3.05. The summed E-state index contributed by atoms with van der Waals surface area (Å²) in [4.78, 5) is 12.5. The van der Waals surface area contributed by atoms with Crippen molar-refractivity contribution in [2.75, 3.05) is 31.6 Å². The van der Waals surface area contributed by atoms with Gasteiger partial charge in [0, 0.05) is 18.1 Å². The molecule has 1 saturated heterocycles. The molecule has 3 aliphatic rings. The molecule has 118 valence electrons. The first-order valence-electron chi connectivity index (χ1n) is 7.79. The molecule has 0 bridgehead atoms. The van der Waals surface area contributed by atoms with Crippen LogP contribution in [-0.2, 0) is 4.79 Å². The summed E-state index contributed by atoms with van der Waals surface area (Å²) in [6, 6.07) is 3.46. The van der Waals surface area contributed by atoms with Crippen molar-refractivity contribution in [1.82, 2.24) is 5.32 Å². The zero-order chi connectivity index (χ0) is 15.2. The Morgan fingerprint density at radius 3 is 2.64 bits per heavy atom. The van der Waals surface area contributed by atoms with Crippen molar-refractivity contribution < 1.29 is 14.3 Å². The molecule has 0 radical (unpaired) electrons. The summed E-state index contributed by atoms with van der Waals surface area (Å²) < 4.78 is 11.0. The van der Waals surface area contributed by atoms with Gasteiger partial charge >= 0.3 is 0 Å². The Bertz CT molecular complexity index is 614. The smallest absolute Gasteiger partial charge is 0.228 e. The number of hydrogen-bond donors (Lipinski definition) is 2. The molecule has 6 heteroatoms. The number of hydrogen-bond acceptors (Lipinski definition) is 4. The van der Waals surface area contributed by atoms with E-state index < -0.39 is 0 Å². The Morgan fingerprint density at radius 1 is 1.23 bits per heavy atom. The van der Waals surface area contributed by atoms with Gasteiger partial charge in [-0.2, -0.15) is 0 Å². The minimum Gasteiger partial charge on any atom is -0.486 e. The molecule has 1 aromatic carbocycles. The van der Waals surface area contributed by atoms with Gasteiger partial charge in [-0.3, -0.25) is 4.79 Å². The molecule has 2 fully saturated rings. The Balaban J connectivity index is 1.48. The van der Waals surface area contributed by atoms with Crippen molar-refractivity contribution >= 4 is 23.2 Å². The van der Waals surface area contributed by atoms with Crippen LogP contribution < -0.4 is 20.1 Å². The molecule has 2 aliphatic heterocycles. The second-order valence-corrected chi connectivity index (χ2v) is 6.74. The monoisotopic (exact) mass is 322 g/mol. The normalized spacial score (nSPS) is 24.9. The molecule has 1 atom stereocenters. The zero-order valence-corrected chi connectivity index (χ0v) is 13.0. The van der Waals surface area contributed by atoms with Gasteiger partial charge in [-0.1, -0.05) is 11.6 Å². The summed E-state index contributed by atoms with van der Waals surface area (Å²) in [5.41, 5.74) is 0.821. The van der Waals surface area contributed by atoms with Crippen LogP contribution in [0.2, 0.25) is 5.02 Å². The maximum atomic E-state index is 12.5. The van der Waals surface area contributed by atoms with Gasteiger partial charge in [0.05, 0.1) is 10.7 Å². The predicted molar refractivity (Wildman–Crippen MR) is 83.7 cm³/mol. The van der Waals surface area contributed by atoms with E-state index in [1.807, 2.05) is 0 Å². The molecule has 1 amide bonds. The average molecular weight is 323 g/mol. The highest BCUT2D eigenvalue weighted by atomic mass is 35.5. The fraction of sp³-hybridized carbons (Fsp3) is 0.562. The highest BCUT2D eigenvalue weighted by Crippen LogP contribution is 2.59. The molecule has 22 heavy (non-hydrogen) atoms. The van der Waals surface area contributed by atoms with Gasteiger partial charge in [0.15, 0.2) is 11.5 Å². The van der Waals surface area contributed by atoms with E-state index in [4.69, 9.17) is 21.1 Å². The number of nitrogens with one attached hydrogen (secondary N) is 2. The van der Waals surface area contributed by atoms with Gasteiger partial charge < -0.3 is 20.1 Å². The molecule has 1 aliphatic carbocycles. The number of ether oxygens (including phenoxy) is 2. The van der Waals surface area contributed by atoms with Crippen molar-refractivity contribution in [2.24, 2.45) is 11.3 Å². The number of halogens is 1. The second kappa shape index (κ2) is 5.32. The van der Waals surface area contributed by atoms with Gasteiger partial charge in [0.25, 0.3) is 0 Å². The van der Waals surface area contributed by atoms with Crippen LogP contribution in [-0.4, -0.2) is 32.2 Å². The molecule has 1 unspecified atom stereocenters. The minimum absolute atomic E-state index is 0.0699. The topological polar surface area (TPSA) is 59.6 Å². The number of piperidine rings is 1. The number of benzene rings is 1. The van der Waals surface area contributed by atoms with E-state index >= 15 is 0 Å². The molecular formula is C16H19ClN2O3. The second-order valence-electron chi connectivity index (χ2n) is 6.33. The lowest BCUT2D eigenvalue weighted by Gasteiger charge is -2.23. The van der Waals surface area contributed by atoms with Gasteiger partial charge in [0.1, 0.15) is 13.2 Å². The number of carbonyl (C=O) groups excluding carboxylic acids is 1. The van der Waals surface area contributed by atoms with Crippen LogP contribution >= 0.6 is 11.6 Å². The number of amides is 1. The molecule has 1 aromatic rings. The molecular weight excluding hydrogens is 304 g/mol. The number of fused-ring (bicyclic) bond motifs is 1. The number of rotatable bonds is 2. The van der Waals surface area contributed by atoms with Crippen LogP contribution in [0.25, 0.3) is 0 Å². The maximum Gasteiger partial charge on any atom is 0.228 e. The minimum atomic E-state index is 0.0699. The molecule has 2 heterocycles. The van der Waals surface area contributed by atoms with E-state index in [0.29, 0.717) is 35.4 Å². The Morgan fingerprint density at radius 2 is 1.91 bits per heavy atom. The SMILES string of the molecule is O=C(Nc1cc2c(cc1Cl)OCCO2)C1CC12CCNCC2. The summed E-state index contributed by atoms with van der Waals surface area (Å²) >= 11 is 6.25. The molecule has 1 spiro atoms. The lowest BCUT2D eigenvalue weighted by molar-refractivity contribution is -0.118. The number of carbonyl (C=O) groups is 1. The zero-order valence-electron chi connectivity index (χ0n) is 12.3. The van der Waals surface area contributed by atoms with Crippen LogP contribution in [0, 0.1) is 11.3 Å². The highest BCUT2D eigenvalue weighted by molar-refractivity contribution is 6.34. The molecule has 5 nitrogen and oxygen atoms in total. The van der Waals surface area contributed by atoms with Crippen molar-refractivity contribution in [3.63, 3.8) is 0 Å². The van der Waals surface area contributed by atoms with E-state index in [1.165, 1.54) is 0 Å². The fourth-order valence-corrected chi connectivity index (χ4v) is 3.78. The standard InChI is InChI=1S/C16H19ClN2O3/c17-11-7-13-14(22-6-5-21-13)8-12(11)19-15(20)10-9-16(10)1-3-18-4-2-16/h7-8,10,18H,1-6,9H2,(H,19,20). The van der Waals surface area contributed by atoms with Crippen LogP contribution in [0.4, 0.5) is 5.69 Å². The van der Waals surface area contributed by atoms with Crippen molar-refractivity contribution in [3.8, 4) is 11.5 Å². The quantitative estimate of drug-likeness (QED) is 0.878. The van der Waals surface area contributed by atoms with E-state index in [0.717, 1.165) is 32.4 Å². The Kier molecular flexibility index (Phi) is 3.42. The largest absolute Gasteiger partial charge is 0.486 e. The summed E-state index contributed by atoms with van der Waals surface area (Å²) in [6.07, 6.45) is 3.16. The predicted octanol–water partition coefficient (Wildman–Crippen LogP) is 2.44. The summed E-state index contributed by atoms with van der Waals surface area (Å²) in [5, 5.41) is 6.80. The van der Waals surface area contributed by atoms with Crippen LogP contribution in [0.15, 0.2) is 12.1 Å². The van der Waals surface area contributed by atoms with Crippen molar-refractivity contribution in [2.45, 2.75) is 19.3 Å². The van der Waals surface area contributed by atoms with Gasteiger partial charge in [-0.05, 0) is 37.8 Å². The van der Waals surface area contributed by atoms with Gasteiger partial charge in [0.2, 0.25) is 5.91 Å². The highest BCUT2D eigenvalue weighted by Gasteiger charge is 2.57. The van der Waals surface area contributed by atoms with Gasteiger partial charge in [-0.15, -0.1) is 0 Å². The summed E-state index contributed by atoms with van der Waals surface area (Å²) in [5.74, 6) is 1.45. The maximum absolute atomic E-state index is 12.5. The van der Waals surface area contributed by atoms with Crippen molar-refractivity contribution in [3.05, 3.63) is 17.2 Å². The van der Waals surface area contributed by atoms with E-state index in [9.17, 15) is 4.79 Å². The molecule has 4 rings (SSSR count). The van der Waals surface area contributed by atoms with E-state index in [2.05, 4.69) is 10.6 Å². The van der Waals surface area contributed by atoms with Crippen LogP contribution in [0.3, 0.4) is 0 Å².